The van der Waals surface area contributed by atoms with Crippen molar-refractivity contribution in [3.63, 3.8) is 0 Å². The first-order chi connectivity index (χ1) is 27.0. The summed E-state index contributed by atoms with van der Waals surface area (Å²) < 4.78 is 5.87. The lowest BCUT2D eigenvalue weighted by Gasteiger charge is -2.10. The highest BCUT2D eigenvalue weighted by molar-refractivity contribution is 5.79. The zero-order chi connectivity index (χ0) is 38.1. The third-order valence-electron chi connectivity index (χ3n) is 8.89. The van der Waals surface area contributed by atoms with E-state index < -0.39 is 0 Å². The zero-order valence-corrected chi connectivity index (χ0v) is 30.6. The van der Waals surface area contributed by atoms with Gasteiger partial charge in [0.1, 0.15) is 18.1 Å². The van der Waals surface area contributed by atoms with Crippen LogP contribution in [-0.4, -0.2) is 16.9 Å². The fraction of sp³-hybridized carbons (Fsp3) is 0.102. The number of rotatable bonds is 13. The van der Waals surface area contributed by atoms with E-state index in [-0.39, 0.29) is 17.6 Å². The number of carbonyl (C=O) groups excluding carboxylic acids is 2. The lowest BCUT2D eigenvalue weighted by Crippen LogP contribution is -2.24. The molecule has 0 unspecified atom stereocenters. The van der Waals surface area contributed by atoms with Crippen LogP contribution < -0.4 is 15.4 Å². The highest BCUT2D eigenvalue weighted by atomic mass is 16.5. The van der Waals surface area contributed by atoms with Gasteiger partial charge in [-0.25, -0.2) is 0 Å². The molecule has 55 heavy (non-hydrogen) atoms. The Labute approximate surface area is 323 Å². The van der Waals surface area contributed by atoms with E-state index in [0.29, 0.717) is 32.5 Å². The molecule has 0 aliphatic carbocycles. The Morgan fingerprint density at radius 1 is 0.418 bits per heavy atom. The maximum Gasteiger partial charge on any atom is 0.224 e. The van der Waals surface area contributed by atoms with Gasteiger partial charge in [0.15, 0.2) is 0 Å². The Bertz CT molecular complexity index is 2240. The molecule has 3 N–H and O–H groups in total. The Morgan fingerprint density at radius 3 is 1.33 bits per heavy atom. The molecule has 0 heterocycles. The number of carbonyl (C=O) groups is 2. The number of nitrogens with one attached hydrogen (secondary N) is 2. The van der Waals surface area contributed by atoms with Gasteiger partial charge in [0.25, 0.3) is 0 Å². The first-order valence-corrected chi connectivity index (χ1v) is 18.3. The van der Waals surface area contributed by atoms with Gasteiger partial charge in [0.2, 0.25) is 11.8 Å². The quantitative estimate of drug-likeness (QED) is 0.111. The van der Waals surface area contributed by atoms with Gasteiger partial charge < -0.3 is 20.5 Å². The second kappa shape index (κ2) is 19.8. The number of aromatic hydroxyl groups is 1. The van der Waals surface area contributed by atoms with Crippen LogP contribution in [0.4, 0.5) is 0 Å². The molecule has 0 aliphatic rings. The van der Waals surface area contributed by atoms with E-state index in [9.17, 15) is 14.7 Å². The van der Waals surface area contributed by atoms with E-state index in [0.717, 1.165) is 50.3 Å². The molecule has 0 saturated heterocycles. The first-order valence-electron chi connectivity index (χ1n) is 18.3. The molecule has 6 heteroatoms. The third-order valence-corrected chi connectivity index (χ3v) is 8.89. The van der Waals surface area contributed by atoms with Crippen LogP contribution in [0, 0.1) is 0 Å². The smallest absolute Gasteiger partial charge is 0.224 e. The molecular formula is C49H44N2O4. The van der Waals surface area contributed by atoms with Crippen LogP contribution in [-0.2, 0) is 42.1 Å². The van der Waals surface area contributed by atoms with Gasteiger partial charge in [-0.3, -0.25) is 9.59 Å². The number of hydrogen-bond donors (Lipinski definition) is 3. The highest BCUT2D eigenvalue weighted by Gasteiger charge is 2.07. The van der Waals surface area contributed by atoms with Crippen molar-refractivity contribution in [2.24, 2.45) is 0 Å². The average molecular weight is 725 g/mol. The van der Waals surface area contributed by atoms with Crippen molar-refractivity contribution in [2.75, 3.05) is 0 Å². The minimum Gasteiger partial charge on any atom is -0.508 e. The van der Waals surface area contributed by atoms with Crippen LogP contribution in [0.5, 0.6) is 11.5 Å². The minimum absolute atomic E-state index is 0.00284. The van der Waals surface area contributed by atoms with Gasteiger partial charge in [-0.05, 0) is 74.3 Å². The average Bonchev–Trinajstić information content (AvgIpc) is 3.23. The predicted molar refractivity (Wildman–Crippen MR) is 220 cm³/mol. The first kappa shape index (κ1) is 37.8. The molecule has 6 nitrogen and oxygen atoms in total. The van der Waals surface area contributed by atoms with E-state index in [4.69, 9.17) is 4.74 Å². The van der Waals surface area contributed by atoms with Crippen molar-refractivity contribution < 1.29 is 19.4 Å². The summed E-state index contributed by atoms with van der Waals surface area (Å²) in [6, 6.07) is 61.4. The van der Waals surface area contributed by atoms with Crippen LogP contribution in [0.3, 0.4) is 0 Å². The fourth-order valence-corrected chi connectivity index (χ4v) is 5.94. The van der Waals surface area contributed by atoms with E-state index in [1.807, 2.05) is 133 Å². The summed E-state index contributed by atoms with van der Waals surface area (Å²) in [4.78, 5) is 24.4. The highest BCUT2D eigenvalue weighted by Crippen LogP contribution is 2.21. The minimum atomic E-state index is -0.0363. The molecule has 0 radical (unpaired) electrons. The SMILES string of the molecule is O=C(Cc1ccc(-c2ccccc2)cc1)NCc1cccc(O)c1.O=C(Cc1ccc(-c2ccccc2)cc1)NCc1cccc(OCc2ccccc2)c1. The summed E-state index contributed by atoms with van der Waals surface area (Å²) >= 11 is 0. The van der Waals surface area contributed by atoms with E-state index >= 15 is 0 Å². The molecular weight excluding hydrogens is 681 g/mol. The summed E-state index contributed by atoms with van der Waals surface area (Å²) in [5.74, 6) is 0.972. The molecule has 0 saturated carbocycles. The fourth-order valence-electron chi connectivity index (χ4n) is 5.94. The Balaban J connectivity index is 0.000000193. The Kier molecular flexibility index (Phi) is 13.6. The Hall–Kier alpha value is -6.92. The van der Waals surface area contributed by atoms with Crippen molar-refractivity contribution in [3.05, 3.63) is 216 Å². The zero-order valence-electron chi connectivity index (χ0n) is 30.6. The van der Waals surface area contributed by atoms with E-state index in [1.165, 1.54) is 5.56 Å². The molecule has 0 aliphatic heterocycles. The monoisotopic (exact) mass is 724 g/mol. The number of phenolic OH excluding ortho intramolecular Hbond substituents is 1. The maximum absolute atomic E-state index is 12.4. The number of benzene rings is 7. The van der Waals surface area contributed by atoms with E-state index in [2.05, 4.69) is 47.0 Å². The molecule has 7 rings (SSSR count). The number of amides is 2. The lowest BCUT2D eigenvalue weighted by molar-refractivity contribution is -0.121. The van der Waals surface area contributed by atoms with Crippen LogP contribution in [0.1, 0.15) is 27.8 Å². The standard InChI is InChI=1S/C28H25NO2.C21H19NO2/c30-28(19-22-14-16-26(17-15-22)25-11-5-2-6-12-25)29-20-24-10-7-13-27(18-24)31-21-23-8-3-1-4-9-23;23-20-8-4-5-17(13-20)15-22-21(24)14-16-9-11-19(12-10-16)18-6-2-1-3-7-18/h1-18H,19-21H2,(H,29,30);1-13,23H,14-15H2,(H,22,24). The van der Waals surface area contributed by atoms with Crippen LogP contribution in [0.2, 0.25) is 0 Å². The maximum atomic E-state index is 12.4. The summed E-state index contributed by atoms with van der Waals surface area (Å²) in [5, 5.41) is 15.3. The number of hydrogen-bond acceptors (Lipinski definition) is 4. The molecule has 2 amide bonds. The molecule has 0 fully saturated rings. The summed E-state index contributed by atoms with van der Waals surface area (Å²) in [6.45, 7) is 1.41. The van der Waals surface area contributed by atoms with Gasteiger partial charge in [0.05, 0.1) is 12.8 Å². The lowest BCUT2D eigenvalue weighted by atomic mass is 10.0. The van der Waals surface area contributed by atoms with Gasteiger partial charge in [-0.15, -0.1) is 0 Å². The summed E-state index contributed by atoms with van der Waals surface area (Å²) in [6.07, 6.45) is 0.702. The molecule has 0 atom stereocenters. The molecule has 7 aromatic carbocycles. The summed E-state index contributed by atoms with van der Waals surface area (Å²) in [5.41, 5.74) is 9.61. The van der Waals surface area contributed by atoms with Crippen molar-refractivity contribution in [1.29, 1.82) is 0 Å². The second-order valence-corrected chi connectivity index (χ2v) is 13.1. The van der Waals surface area contributed by atoms with Crippen LogP contribution in [0.15, 0.2) is 188 Å². The predicted octanol–water partition coefficient (Wildman–Crippen LogP) is 9.71. The van der Waals surface area contributed by atoms with E-state index in [1.54, 1.807) is 18.2 Å². The molecule has 7 aromatic rings. The summed E-state index contributed by atoms with van der Waals surface area (Å²) in [7, 11) is 0. The van der Waals surface area contributed by atoms with Gasteiger partial charge >= 0.3 is 0 Å². The van der Waals surface area contributed by atoms with Crippen LogP contribution >= 0.6 is 0 Å². The third kappa shape index (κ3) is 12.3. The Morgan fingerprint density at radius 2 is 0.836 bits per heavy atom. The topological polar surface area (TPSA) is 87.7 Å². The number of ether oxygens (including phenoxy) is 1. The second-order valence-electron chi connectivity index (χ2n) is 13.1. The molecule has 0 aromatic heterocycles. The van der Waals surface area contributed by atoms with Crippen molar-refractivity contribution in [3.8, 4) is 33.8 Å². The molecule has 0 spiro atoms. The van der Waals surface area contributed by atoms with Crippen LogP contribution in [0.25, 0.3) is 22.3 Å². The normalized spacial score (nSPS) is 10.4. The van der Waals surface area contributed by atoms with Crippen molar-refractivity contribution in [1.82, 2.24) is 10.6 Å². The van der Waals surface area contributed by atoms with Gasteiger partial charge in [-0.2, -0.15) is 0 Å². The van der Waals surface area contributed by atoms with Gasteiger partial charge in [-0.1, -0.05) is 164 Å². The van der Waals surface area contributed by atoms with Crippen molar-refractivity contribution in [2.45, 2.75) is 32.5 Å². The molecule has 274 valence electrons. The van der Waals surface area contributed by atoms with Crippen molar-refractivity contribution >= 4 is 11.8 Å². The largest absolute Gasteiger partial charge is 0.508 e. The van der Waals surface area contributed by atoms with Gasteiger partial charge in [0, 0.05) is 13.1 Å². The molecule has 0 bridgehead atoms. The number of phenols is 1.